The van der Waals surface area contributed by atoms with Gasteiger partial charge in [0.05, 0.1) is 19.3 Å². The van der Waals surface area contributed by atoms with Crippen molar-refractivity contribution in [3.05, 3.63) is 76.8 Å². The lowest BCUT2D eigenvalue weighted by atomic mass is 10.2. The first-order valence-corrected chi connectivity index (χ1v) is 9.54. The number of ether oxygens (including phenoxy) is 3. The van der Waals surface area contributed by atoms with Gasteiger partial charge in [0.1, 0.15) is 11.5 Å². The molecule has 0 saturated heterocycles. The molecule has 0 aromatic heterocycles. The molecular formula is C22H20BrNO4. The van der Waals surface area contributed by atoms with E-state index in [2.05, 4.69) is 21.2 Å². The first-order chi connectivity index (χ1) is 13.6. The molecule has 0 fully saturated rings. The van der Waals surface area contributed by atoms with E-state index in [9.17, 15) is 4.79 Å². The lowest BCUT2D eigenvalue weighted by molar-refractivity contribution is 0.102. The van der Waals surface area contributed by atoms with Gasteiger partial charge in [-0.05, 0) is 61.5 Å². The molecular weight excluding hydrogens is 422 g/mol. The Bertz CT molecular complexity index is 957. The molecule has 0 bridgehead atoms. The van der Waals surface area contributed by atoms with Gasteiger partial charge in [-0.25, -0.2) is 0 Å². The van der Waals surface area contributed by atoms with Crippen molar-refractivity contribution in [3.8, 4) is 23.0 Å². The van der Waals surface area contributed by atoms with Crippen LogP contribution in [-0.2, 0) is 0 Å². The van der Waals surface area contributed by atoms with Crippen molar-refractivity contribution >= 4 is 27.5 Å². The molecule has 6 heteroatoms. The SMILES string of the molecule is CCOc1ccc(Br)cc1C(=O)Nc1ccc(Oc2ccccc2OC)cc1. The fourth-order valence-electron chi connectivity index (χ4n) is 2.60. The van der Waals surface area contributed by atoms with E-state index in [0.717, 1.165) is 4.47 Å². The summed E-state index contributed by atoms with van der Waals surface area (Å²) < 4.78 is 17.5. The molecule has 5 nitrogen and oxygen atoms in total. The summed E-state index contributed by atoms with van der Waals surface area (Å²) in [5.74, 6) is 2.21. The first kappa shape index (κ1) is 19.8. The summed E-state index contributed by atoms with van der Waals surface area (Å²) in [5, 5.41) is 2.88. The van der Waals surface area contributed by atoms with Crippen molar-refractivity contribution in [1.82, 2.24) is 0 Å². The molecule has 0 aliphatic heterocycles. The highest BCUT2D eigenvalue weighted by molar-refractivity contribution is 9.10. The lowest BCUT2D eigenvalue weighted by Gasteiger charge is -2.12. The molecule has 1 N–H and O–H groups in total. The number of carbonyl (C=O) groups is 1. The van der Waals surface area contributed by atoms with Gasteiger partial charge < -0.3 is 19.5 Å². The van der Waals surface area contributed by atoms with E-state index >= 15 is 0 Å². The Kier molecular flexibility index (Phi) is 6.55. The minimum absolute atomic E-state index is 0.247. The molecule has 3 rings (SSSR count). The number of para-hydroxylation sites is 2. The van der Waals surface area contributed by atoms with Crippen molar-refractivity contribution < 1.29 is 19.0 Å². The maximum atomic E-state index is 12.7. The Morgan fingerprint density at radius 3 is 2.36 bits per heavy atom. The van der Waals surface area contributed by atoms with Crippen LogP contribution in [0.5, 0.6) is 23.0 Å². The fraction of sp³-hybridized carbons (Fsp3) is 0.136. The average molecular weight is 442 g/mol. The van der Waals surface area contributed by atoms with Crippen molar-refractivity contribution in [2.24, 2.45) is 0 Å². The number of hydrogen-bond donors (Lipinski definition) is 1. The predicted molar refractivity (Wildman–Crippen MR) is 113 cm³/mol. The highest BCUT2D eigenvalue weighted by atomic mass is 79.9. The number of anilines is 1. The summed E-state index contributed by atoms with van der Waals surface area (Å²) in [5.41, 5.74) is 1.12. The molecule has 0 unspecified atom stereocenters. The van der Waals surface area contributed by atoms with Gasteiger partial charge in [0.15, 0.2) is 11.5 Å². The Balaban J connectivity index is 1.72. The predicted octanol–water partition coefficient (Wildman–Crippen LogP) is 5.90. The number of hydrogen-bond acceptors (Lipinski definition) is 4. The van der Waals surface area contributed by atoms with Crippen LogP contribution >= 0.6 is 15.9 Å². The van der Waals surface area contributed by atoms with E-state index in [4.69, 9.17) is 14.2 Å². The third-order valence-corrected chi connectivity index (χ3v) is 4.39. The summed E-state index contributed by atoms with van der Waals surface area (Å²) in [6.07, 6.45) is 0. The van der Waals surface area contributed by atoms with Crippen LogP contribution in [0.2, 0.25) is 0 Å². The van der Waals surface area contributed by atoms with Crippen LogP contribution in [0.15, 0.2) is 71.2 Å². The van der Waals surface area contributed by atoms with Crippen LogP contribution in [0.25, 0.3) is 0 Å². The van der Waals surface area contributed by atoms with Crippen LogP contribution in [0.4, 0.5) is 5.69 Å². The molecule has 0 heterocycles. The first-order valence-electron chi connectivity index (χ1n) is 8.75. The zero-order valence-corrected chi connectivity index (χ0v) is 17.2. The summed E-state index contributed by atoms with van der Waals surface area (Å²) in [6, 6.07) is 19.9. The number of carbonyl (C=O) groups excluding carboxylic acids is 1. The zero-order valence-electron chi connectivity index (χ0n) is 15.6. The van der Waals surface area contributed by atoms with E-state index in [1.807, 2.05) is 37.3 Å². The van der Waals surface area contributed by atoms with Gasteiger partial charge in [-0.2, -0.15) is 0 Å². The van der Waals surface area contributed by atoms with Gasteiger partial charge in [-0.3, -0.25) is 4.79 Å². The number of benzene rings is 3. The quantitative estimate of drug-likeness (QED) is 0.495. The van der Waals surface area contributed by atoms with Crippen molar-refractivity contribution in [3.63, 3.8) is 0 Å². The lowest BCUT2D eigenvalue weighted by Crippen LogP contribution is -2.13. The van der Waals surface area contributed by atoms with Crippen molar-refractivity contribution in [2.45, 2.75) is 6.92 Å². The third-order valence-electron chi connectivity index (χ3n) is 3.90. The standard InChI is InChI=1S/C22H20BrNO4/c1-3-27-19-13-8-15(23)14-18(19)22(25)24-16-9-11-17(12-10-16)28-21-7-5-4-6-20(21)26-2/h4-14H,3H2,1-2H3,(H,24,25). The average Bonchev–Trinajstić information content (AvgIpc) is 2.71. The number of nitrogens with one attached hydrogen (secondary N) is 1. The van der Waals surface area contributed by atoms with Crippen LogP contribution in [0.1, 0.15) is 17.3 Å². The zero-order chi connectivity index (χ0) is 19.9. The molecule has 0 radical (unpaired) electrons. The molecule has 28 heavy (non-hydrogen) atoms. The highest BCUT2D eigenvalue weighted by Crippen LogP contribution is 2.31. The Hall–Kier alpha value is -2.99. The Labute approximate surface area is 172 Å². The van der Waals surface area contributed by atoms with Gasteiger partial charge >= 0.3 is 0 Å². The summed E-state index contributed by atoms with van der Waals surface area (Å²) >= 11 is 3.39. The molecule has 0 saturated carbocycles. The topological polar surface area (TPSA) is 56.8 Å². The van der Waals surface area contributed by atoms with Crippen molar-refractivity contribution in [2.75, 3.05) is 19.0 Å². The minimum Gasteiger partial charge on any atom is -0.493 e. The maximum absolute atomic E-state index is 12.7. The van der Waals surface area contributed by atoms with Gasteiger partial charge in [-0.15, -0.1) is 0 Å². The second-order valence-electron chi connectivity index (χ2n) is 5.80. The van der Waals surface area contributed by atoms with Gasteiger partial charge in [0.25, 0.3) is 5.91 Å². The smallest absolute Gasteiger partial charge is 0.259 e. The molecule has 144 valence electrons. The maximum Gasteiger partial charge on any atom is 0.259 e. The van der Waals surface area contributed by atoms with Crippen LogP contribution in [-0.4, -0.2) is 19.6 Å². The number of methoxy groups -OCH3 is 1. The number of rotatable bonds is 7. The Morgan fingerprint density at radius 1 is 0.964 bits per heavy atom. The summed E-state index contributed by atoms with van der Waals surface area (Å²) in [7, 11) is 1.60. The molecule has 1 amide bonds. The monoisotopic (exact) mass is 441 g/mol. The minimum atomic E-state index is -0.247. The largest absolute Gasteiger partial charge is 0.493 e. The van der Waals surface area contributed by atoms with Crippen LogP contribution in [0.3, 0.4) is 0 Å². The Morgan fingerprint density at radius 2 is 1.68 bits per heavy atom. The van der Waals surface area contributed by atoms with Crippen LogP contribution in [0, 0.1) is 0 Å². The number of amides is 1. The molecule has 0 aliphatic rings. The van der Waals surface area contributed by atoms with Gasteiger partial charge in [0, 0.05) is 10.2 Å². The van der Waals surface area contributed by atoms with E-state index < -0.39 is 0 Å². The van der Waals surface area contributed by atoms with E-state index in [-0.39, 0.29) is 5.91 Å². The molecule has 3 aromatic rings. The normalized spacial score (nSPS) is 10.2. The second-order valence-corrected chi connectivity index (χ2v) is 6.72. The summed E-state index contributed by atoms with van der Waals surface area (Å²) in [4.78, 5) is 12.7. The van der Waals surface area contributed by atoms with Crippen molar-refractivity contribution in [1.29, 1.82) is 0 Å². The van der Waals surface area contributed by atoms with Gasteiger partial charge in [-0.1, -0.05) is 28.1 Å². The number of halogens is 1. The molecule has 0 aliphatic carbocycles. The fourth-order valence-corrected chi connectivity index (χ4v) is 2.96. The third kappa shape index (κ3) is 4.84. The molecule has 0 atom stereocenters. The highest BCUT2D eigenvalue weighted by Gasteiger charge is 2.14. The second kappa shape index (κ2) is 9.28. The summed E-state index contributed by atoms with van der Waals surface area (Å²) in [6.45, 7) is 2.36. The van der Waals surface area contributed by atoms with Gasteiger partial charge in [0.2, 0.25) is 0 Å². The van der Waals surface area contributed by atoms with E-state index in [1.54, 1.807) is 43.5 Å². The molecule has 3 aromatic carbocycles. The van der Waals surface area contributed by atoms with E-state index in [0.29, 0.717) is 40.9 Å². The van der Waals surface area contributed by atoms with Crippen LogP contribution < -0.4 is 19.5 Å². The molecule has 0 spiro atoms. The van der Waals surface area contributed by atoms with E-state index in [1.165, 1.54) is 0 Å².